The molecule has 102 valence electrons. The second-order valence-corrected chi connectivity index (χ2v) is 5.04. The zero-order valence-electron chi connectivity index (χ0n) is 9.23. The average molecular weight is 284 g/mol. The molecule has 0 bridgehead atoms. The molecule has 0 aliphatic heterocycles. The van der Waals surface area contributed by atoms with Gasteiger partial charge in [0.15, 0.2) is 6.10 Å². The lowest BCUT2D eigenvalue weighted by molar-refractivity contribution is -0.189. The summed E-state index contributed by atoms with van der Waals surface area (Å²) in [5.41, 5.74) is 4.96. The quantitative estimate of drug-likeness (QED) is 0.816. The Morgan fingerprint density at radius 2 is 1.89 bits per heavy atom. The number of alkyl halides is 3. The molecule has 0 saturated heterocycles. The molecule has 5 nitrogen and oxygen atoms in total. The smallest absolute Gasteiger partial charge is 0.425 e. The van der Waals surface area contributed by atoms with Crippen LogP contribution in [0.3, 0.4) is 0 Å². The second-order valence-electron chi connectivity index (χ2n) is 3.51. The van der Waals surface area contributed by atoms with Gasteiger partial charge in [-0.25, -0.2) is 13.6 Å². The third-order valence-electron chi connectivity index (χ3n) is 2.10. The van der Waals surface area contributed by atoms with Crippen LogP contribution in [0.1, 0.15) is 6.92 Å². The number of anilines is 1. The molecule has 0 aliphatic carbocycles. The number of hydrogen-bond acceptors (Lipinski definition) is 4. The highest BCUT2D eigenvalue weighted by atomic mass is 32.2. The third kappa shape index (κ3) is 3.26. The van der Waals surface area contributed by atoms with Crippen LogP contribution >= 0.6 is 0 Å². The van der Waals surface area contributed by atoms with E-state index >= 15 is 0 Å². The number of nitrogen functional groups attached to an aromatic ring is 1. The predicted molar refractivity (Wildman–Crippen MR) is 58.4 cm³/mol. The summed E-state index contributed by atoms with van der Waals surface area (Å²) in [5.74, 6) is -0.383. The maximum absolute atomic E-state index is 12.3. The number of nitrogens with two attached hydrogens (primary N) is 2. The molecule has 9 heteroatoms. The van der Waals surface area contributed by atoms with E-state index in [9.17, 15) is 21.6 Å². The van der Waals surface area contributed by atoms with Crippen molar-refractivity contribution in [3.63, 3.8) is 0 Å². The standard InChI is InChI=1S/C9H11F3N2O3S/c1-5(9(10,11)12)17-6-3-2-4-7(8(6)13)18(14,15)16/h2-5H,13H2,1H3,(H2,14,15,16). The van der Waals surface area contributed by atoms with Crippen LogP contribution in [0.15, 0.2) is 23.1 Å². The van der Waals surface area contributed by atoms with Gasteiger partial charge in [-0.2, -0.15) is 13.2 Å². The SMILES string of the molecule is CC(Oc1cccc(S(N)(=O)=O)c1N)C(F)(F)F. The van der Waals surface area contributed by atoms with Gasteiger partial charge in [0, 0.05) is 0 Å². The topological polar surface area (TPSA) is 95.4 Å². The van der Waals surface area contributed by atoms with E-state index in [2.05, 4.69) is 4.74 Å². The molecule has 0 heterocycles. The Morgan fingerprint density at radius 3 is 2.33 bits per heavy atom. The Morgan fingerprint density at radius 1 is 1.33 bits per heavy atom. The van der Waals surface area contributed by atoms with Gasteiger partial charge in [0.25, 0.3) is 0 Å². The lowest BCUT2D eigenvalue weighted by Gasteiger charge is -2.19. The normalized spacial score (nSPS) is 14.3. The average Bonchev–Trinajstić information content (AvgIpc) is 2.17. The first-order valence-electron chi connectivity index (χ1n) is 4.68. The Balaban J connectivity index is 3.14. The molecule has 1 unspecified atom stereocenters. The molecule has 4 N–H and O–H groups in total. The lowest BCUT2D eigenvalue weighted by atomic mass is 10.3. The zero-order chi connectivity index (χ0) is 14.1. The van der Waals surface area contributed by atoms with Gasteiger partial charge in [0.2, 0.25) is 10.0 Å². The van der Waals surface area contributed by atoms with Crippen molar-refractivity contribution in [3.8, 4) is 5.75 Å². The molecule has 1 atom stereocenters. The largest absolute Gasteiger partial charge is 0.479 e. The van der Waals surface area contributed by atoms with Crippen molar-refractivity contribution in [1.29, 1.82) is 0 Å². The van der Waals surface area contributed by atoms with Crippen molar-refractivity contribution in [2.75, 3.05) is 5.73 Å². The third-order valence-corrected chi connectivity index (χ3v) is 3.07. The Bertz CT molecular complexity index is 542. The van der Waals surface area contributed by atoms with E-state index in [0.29, 0.717) is 0 Å². The number of benzene rings is 1. The van der Waals surface area contributed by atoms with E-state index in [1.807, 2.05) is 0 Å². The summed E-state index contributed by atoms with van der Waals surface area (Å²) in [6.07, 6.45) is -6.69. The number of rotatable bonds is 3. The Hall–Kier alpha value is -1.48. The summed E-state index contributed by atoms with van der Waals surface area (Å²) in [4.78, 5) is -0.477. The number of hydrogen-bond donors (Lipinski definition) is 2. The molecular weight excluding hydrogens is 273 g/mol. The summed E-state index contributed by atoms with van der Waals surface area (Å²) in [7, 11) is -4.11. The maximum Gasteiger partial charge on any atom is 0.425 e. The fourth-order valence-corrected chi connectivity index (χ4v) is 1.81. The van der Waals surface area contributed by atoms with Gasteiger partial charge in [-0.05, 0) is 19.1 Å². The van der Waals surface area contributed by atoms with E-state index in [1.165, 1.54) is 6.07 Å². The van der Waals surface area contributed by atoms with Gasteiger partial charge >= 0.3 is 6.18 Å². The van der Waals surface area contributed by atoms with Gasteiger partial charge in [-0.1, -0.05) is 6.07 Å². The van der Waals surface area contributed by atoms with Crippen molar-refractivity contribution in [1.82, 2.24) is 0 Å². The molecule has 0 spiro atoms. The molecule has 18 heavy (non-hydrogen) atoms. The first-order chi connectivity index (χ1) is 8.03. The first kappa shape index (κ1) is 14.6. The molecule has 0 saturated carbocycles. The fraction of sp³-hybridized carbons (Fsp3) is 0.333. The summed E-state index contributed by atoms with van der Waals surface area (Å²) < 4.78 is 63.7. The summed E-state index contributed by atoms with van der Waals surface area (Å²) in [6, 6.07) is 3.40. The fourth-order valence-electron chi connectivity index (χ4n) is 1.13. The van der Waals surface area contributed by atoms with Crippen molar-refractivity contribution in [3.05, 3.63) is 18.2 Å². The minimum atomic E-state index is -4.58. The highest BCUT2D eigenvalue weighted by Gasteiger charge is 2.38. The summed E-state index contributed by atoms with van der Waals surface area (Å²) in [6.45, 7) is 0.781. The van der Waals surface area contributed by atoms with Gasteiger partial charge < -0.3 is 10.5 Å². The molecule has 1 aromatic carbocycles. The van der Waals surface area contributed by atoms with Crippen LogP contribution in [0.5, 0.6) is 5.75 Å². The molecule has 0 fully saturated rings. The molecule has 0 radical (unpaired) electrons. The van der Waals surface area contributed by atoms with Crippen molar-refractivity contribution >= 4 is 15.7 Å². The van der Waals surface area contributed by atoms with Crippen molar-refractivity contribution < 1.29 is 26.3 Å². The highest BCUT2D eigenvalue weighted by molar-refractivity contribution is 7.89. The number of halogens is 3. The minimum absolute atomic E-state index is 0.383. The Labute approximate surface area is 102 Å². The van der Waals surface area contributed by atoms with E-state index < -0.39 is 32.9 Å². The van der Waals surface area contributed by atoms with Gasteiger partial charge in [-0.3, -0.25) is 0 Å². The van der Waals surface area contributed by atoms with Crippen LogP contribution in [0.2, 0.25) is 0 Å². The van der Waals surface area contributed by atoms with Gasteiger partial charge in [0.1, 0.15) is 10.6 Å². The van der Waals surface area contributed by atoms with E-state index in [-0.39, 0.29) is 5.75 Å². The number of para-hydroxylation sites is 1. The molecule has 1 rings (SSSR count). The zero-order valence-corrected chi connectivity index (χ0v) is 10.0. The molecule has 0 aliphatic rings. The van der Waals surface area contributed by atoms with Crippen molar-refractivity contribution in [2.24, 2.45) is 5.14 Å². The Kier molecular flexibility index (Phi) is 3.77. The predicted octanol–water partition coefficient (Wildman–Crippen LogP) is 1.25. The molecule has 1 aromatic rings. The first-order valence-corrected chi connectivity index (χ1v) is 6.22. The van der Waals surface area contributed by atoms with Crippen molar-refractivity contribution in [2.45, 2.75) is 24.1 Å². The van der Waals surface area contributed by atoms with E-state index in [1.54, 1.807) is 0 Å². The molecular formula is C9H11F3N2O3S. The highest BCUT2D eigenvalue weighted by Crippen LogP contribution is 2.31. The van der Waals surface area contributed by atoms with E-state index in [0.717, 1.165) is 19.1 Å². The number of primary sulfonamides is 1. The number of ether oxygens (including phenoxy) is 1. The monoisotopic (exact) mass is 284 g/mol. The van der Waals surface area contributed by atoms with Crippen LogP contribution in [-0.4, -0.2) is 20.7 Å². The van der Waals surface area contributed by atoms with Gasteiger partial charge in [-0.15, -0.1) is 0 Å². The van der Waals surface area contributed by atoms with Gasteiger partial charge in [0.05, 0.1) is 5.69 Å². The van der Waals surface area contributed by atoms with Crippen LogP contribution < -0.4 is 15.6 Å². The maximum atomic E-state index is 12.3. The molecule has 0 aromatic heterocycles. The van der Waals surface area contributed by atoms with Crippen LogP contribution in [0, 0.1) is 0 Å². The van der Waals surface area contributed by atoms with Crippen LogP contribution in [0.4, 0.5) is 18.9 Å². The summed E-state index contributed by atoms with van der Waals surface area (Å²) >= 11 is 0. The van der Waals surface area contributed by atoms with E-state index in [4.69, 9.17) is 10.9 Å². The second kappa shape index (κ2) is 4.65. The molecule has 0 amide bonds. The van der Waals surface area contributed by atoms with Crippen LogP contribution in [-0.2, 0) is 10.0 Å². The number of sulfonamides is 1. The minimum Gasteiger partial charge on any atom is -0.479 e. The lowest BCUT2D eigenvalue weighted by Crippen LogP contribution is -2.31. The summed E-state index contributed by atoms with van der Waals surface area (Å²) in [5, 5.41) is 4.86. The van der Waals surface area contributed by atoms with Crippen LogP contribution in [0.25, 0.3) is 0 Å².